The molecule has 0 unspecified atom stereocenters. The average Bonchev–Trinajstić information content (AvgIpc) is 2.22. The summed E-state index contributed by atoms with van der Waals surface area (Å²) in [6, 6.07) is 0. The van der Waals surface area contributed by atoms with E-state index < -0.39 is 12.0 Å². The summed E-state index contributed by atoms with van der Waals surface area (Å²) >= 11 is -6.34. The molecule has 0 aliphatic heterocycles. The second-order valence-electron chi connectivity index (χ2n) is 4.26. The Morgan fingerprint density at radius 1 is 0.812 bits per heavy atom. The first-order valence-corrected chi connectivity index (χ1v) is 9.83. The van der Waals surface area contributed by atoms with Crippen LogP contribution in [0.5, 0.6) is 0 Å². The Morgan fingerprint density at radius 2 is 1.06 bits per heavy atom. The molecule has 1 N–H and O–H groups in total. The molecule has 7 heteroatoms. The predicted molar refractivity (Wildman–Crippen MR) is 53.6 cm³/mol. The van der Waals surface area contributed by atoms with Crippen LogP contribution in [-0.4, -0.2) is 45.2 Å². The van der Waals surface area contributed by atoms with Crippen LogP contribution in [-0.2, 0) is 33.6 Å². The van der Waals surface area contributed by atoms with Crippen LogP contribution < -0.4 is 0 Å². The summed E-state index contributed by atoms with van der Waals surface area (Å²) in [4.78, 5) is 0. The number of ether oxygens (including phenoxy) is 3. The Kier molecular flexibility index (Phi) is 5.13. The van der Waals surface area contributed by atoms with Crippen LogP contribution in [0.4, 0.5) is 0 Å². The van der Waals surface area contributed by atoms with Crippen molar-refractivity contribution in [2.24, 2.45) is 0 Å². The van der Waals surface area contributed by atoms with E-state index in [0.29, 0.717) is 0 Å². The monoisotopic (exact) mass is 277 g/mol. The average molecular weight is 277 g/mol. The molecule has 0 atom stereocenters. The molecule has 0 spiro atoms. The Labute approximate surface area is 94.5 Å². The van der Waals surface area contributed by atoms with Crippen molar-refractivity contribution in [3.63, 3.8) is 0 Å². The standard InChI is InChI=1S/3C3H7O.H2O.2O.V/c3*1-3-4-2;;;;/h3*1,3H2,2H3;1H2;;;/q;;;;;;+1/p-1. The van der Waals surface area contributed by atoms with E-state index in [4.69, 9.17) is 14.2 Å². The molecule has 0 saturated carbocycles. The summed E-state index contributed by atoms with van der Waals surface area (Å²) in [5.41, 5.74) is 0. The van der Waals surface area contributed by atoms with E-state index in [1.165, 1.54) is 21.3 Å². The summed E-state index contributed by atoms with van der Waals surface area (Å²) < 4.78 is 49.3. The van der Waals surface area contributed by atoms with Crippen LogP contribution >= 0.6 is 0 Å². The number of hydrogen-bond donors (Lipinski definition) is 1. The summed E-state index contributed by atoms with van der Waals surface area (Å²) in [5, 5.41) is -1.15. The van der Waals surface area contributed by atoms with Crippen molar-refractivity contribution in [3.05, 3.63) is 0 Å². The van der Waals surface area contributed by atoms with Crippen molar-refractivity contribution in [2.45, 2.75) is 15.4 Å². The Balaban J connectivity index is 4.97. The van der Waals surface area contributed by atoms with Gasteiger partial charge in [-0.15, -0.1) is 0 Å². The predicted octanol–water partition coefficient (Wildman–Crippen LogP) is 1.00. The van der Waals surface area contributed by atoms with E-state index in [-0.39, 0.29) is 35.2 Å². The summed E-state index contributed by atoms with van der Waals surface area (Å²) in [6.07, 6.45) is 0. The number of hydrogen-bond acceptors (Lipinski definition) is 5. The van der Waals surface area contributed by atoms with Crippen LogP contribution in [0.25, 0.3) is 0 Å². The molecule has 0 bridgehead atoms. The molecule has 0 rings (SSSR count). The first kappa shape index (κ1) is 16.0. The van der Waals surface area contributed by atoms with Crippen molar-refractivity contribution in [2.75, 3.05) is 41.2 Å². The molecule has 99 valence electrons. The maximum absolute atomic E-state index is 12.5. The van der Waals surface area contributed by atoms with Gasteiger partial charge >= 0.3 is 94.1 Å². The van der Waals surface area contributed by atoms with Crippen molar-refractivity contribution in [1.29, 1.82) is 0 Å². The minimum absolute atomic E-state index is 0.0308. The molecule has 0 aromatic rings. The van der Waals surface area contributed by atoms with Crippen LogP contribution in [0, 0.1) is 0 Å². The first-order chi connectivity index (χ1) is 7.21. The van der Waals surface area contributed by atoms with Gasteiger partial charge < -0.3 is 0 Å². The Bertz CT molecular complexity index is 321. The van der Waals surface area contributed by atoms with E-state index in [1.54, 1.807) is 0 Å². The second kappa shape index (κ2) is 5.12. The van der Waals surface area contributed by atoms with E-state index >= 15 is 0 Å². The van der Waals surface area contributed by atoms with Gasteiger partial charge in [0.15, 0.2) is 0 Å². The molecule has 6 nitrogen and oxygen atoms in total. The number of methoxy groups -OCH3 is 3. The zero-order valence-electron chi connectivity index (χ0n) is 10.2. The van der Waals surface area contributed by atoms with E-state index in [2.05, 4.69) is 0 Å². The van der Waals surface area contributed by atoms with Gasteiger partial charge in [0.25, 0.3) is 0 Å². The normalized spacial score (nSPS) is 16.8. The van der Waals surface area contributed by atoms with Gasteiger partial charge in [-0.1, -0.05) is 0 Å². The fourth-order valence-corrected chi connectivity index (χ4v) is 5.54. The molecule has 0 heterocycles. The molecule has 0 aliphatic rings. The first-order valence-electron chi connectivity index (χ1n) is 5.10. The fourth-order valence-electron chi connectivity index (χ4n) is 1.34. The number of rotatable bonds is 9. The topological polar surface area (TPSA) is 82.1 Å². The van der Waals surface area contributed by atoms with Gasteiger partial charge in [0.1, 0.15) is 0 Å². The quantitative estimate of drug-likeness (QED) is 0.677. The summed E-state index contributed by atoms with van der Waals surface area (Å²) in [6.45, 7) is -0.0925. The van der Waals surface area contributed by atoms with Gasteiger partial charge in [-0.2, -0.15) is 0 Å². The SMILES string of the molecule is COC[CH2][V](=[O])(=[O])([OH])([CH2]COC)[CH2]COC. The third kappa shape index (κ3) is 5.38. The molecule has 0 fully saturated rings. The molecule has 16 heavy (non-hydrogen) atoms. The molecule has 0 aromatic heterocycles. The fraction of sp³-hybridized carbons (Fsp3) is 1.00. The van der Waals surface area contributed by atoms with Gasteiger partial charge in [0.2, 0.25) is 0 Å². The third-order valence-corrected chi connectivity index (χ3v) is 9.15. The van der Waals surface area contributed by atoms with Crippen LogP contribution in [0.1, 0.15) is 0 Å². The summed E-state index contributed by atoms with van der Waals surface area (Å²) in [7, 11) is 4.17. The van der Waals surface area contributed by atoms with Crippen molar-refractivity contribution < 1.29 is 37.6 Å². The second-order valence-corrected chi connectivity index (χ2v) is 12.9. The van der Waals surface area contributed by atoms with Gasteiger partial charge in [0.05, 0.1) is 0 Å². The van der Waals surface area contributed by atoms with Gasteiger partial charge in [0, 0.05) is 0 Å². The zero-order chi connectivity index (χ0) is 12.8. The van der Waals surface area contributed by atoms with Gasteiger partial charge in [-0.25, -0.2) is 0 Å². The zero-order valence-corrected chi connectivity index (χ0v) is 11.6. The maximum atomic E-state index is 12.5. The molecular formula is C9H22O6V. The van der Waals surface area contributed by atoms with Gasteiger partial charge in [-0.05, 0) is 0 Å². The van der Waals surface area contributed by atoms with Crippen LogP contribution in [0.3, 0.4) is 0 Å². The van der Waals surface area contributed by atoms with E-state index in [9.17, 15) is 11.4 Å². The molecule has 0 saturated heterocycles. The molecule has 0 aliphatic carbocycles. The molecule has 0 aromatic carbocycles. The Hall–Kier alpha value is 0.0244. The molecule has 0 amide bonds. The molecular weight excluding hydrogens is 255 g/mol. The molecule has 0 radical (unpaired) electrons. The van der Waals surface area contributed by atoms with E-state index in [0.717, 1.165) is 0 Å². The van der Waals surface area contributed by atoms with Crippen molar-refractivity contribution in [1.82, 2.24) is 0 Å². The van der Waals surface area contributed by atoms with Gasteiger partial charge in [-0.3, -0.25) is 0 Å². The summed E-state index contributed by atoms with van der Waals surface area (Å²) in [5.74, 6) is 0. The van der Waals surface area contributed by atoms with Crippen molar-refractivity contribution >= 4 is 0 Å². The van der Waals surface area contributed by atoms with E-state index in [1.807, 2.05) is 0 Å². The van der Waals surface area contributed by atoms with Crippen LogP contribution in [0.2, 0.25) is 15.4 Å². The Morgan fingerprint density at radius 3 is 1.25 bits per heavy atom. The third-order valence-electron chi connectivity index (χ3n) is 2.68. The minimum atomic E-state index is -6.34. The van der Waals surface area contributed by atoms with Crippen molar-refractivity contribution in [3.8, 4) is 0 Å². The van der Waals surface area contributed by atoms with Crippen LogP contribution in [0.15, 0.2) is 0 Å².